The van der Waals surface area contributed by atoms with Crippen LogP contribution in [0.4, 0.5) is 10.5 Å². The minimum Gasteiger partial charge on any atom is -0.478 e. The smallest absolute Gasteiger partial charge is 0.335 e. The molecule has 1 aromatic carbocycles. The van der Waals surface area contributed by atoms with Crippen LogP contribution in [-0.2, 0) is 4.74 Å². The summed E-state index contributed by atoms with van der Waals surface area (Å²) in [7, 11) is 0. The number of carboxylic acid groups (broad SMARTS) is 1. The van der Waals surface area contributed by atoms with Crippen LogP contribution in [0.5, 0.6) is 0 Å². The van der Waals surface area contributed by atoms with Crippen LogP contribution < -0.4 is 10.6 Å². The van der Waals surface area contributed by atoms with Crippen LogP contribution >= 0.6 is 0 Å². The van der Waals surface area contributed by atoms with E-state index in [1.165, 1.54) is 12.1 Å². The molecule has 2 amide bonds. The van der Waals surface area contributed by atoms with Gasteiger partial charge in [-0.1, -0.05) is 6.92 Å². The number of carbonyl (C=O) groups excluding carboxylic acids is 1. The van der Waals surface area contributed by atoms with Gasteiger partial charge in [0.15, 0.2) is 0 Å². The summed E-state index contributed by atoms with van der Waals surface area (Å²) in [5, 5.41) is 14.4. The van der Waals surface area contributed by atoms with Crippen molar-refractivity contribution in [3.05, 3.63) is 29.8 Å². The minimum absolute atomic E-state index is 0.0722. The monoisotopic (exact) mass is 292 g/mol. The number of rotatable bonds is 4. The molecule has 21 heavy (non-hydrogen) atoms. The number of hydrogen-bond acceptors (Lipinski definition) is 3. The first-order chi connectivity index (χ1) is 9.98. The fourth-order valence-electron chi connectivity index (χ4n) is 2.21. The molecule has 0 atom stereocenters. The average molecular weight is 292 g/mol. The zero-order chi connectivity index (χ0) is 15.3. The highest BCUT2D eigenvalue weighted by molar-refractivity contribution is 5.91. The molecular weight excluding hydrogens is 272 g/mol. The molecular formula is C15H20N2O4. The molecule has 1 aromatic rings. The third kappa shape index (κ3) is 4.46. The van der Waals surface area contributed by atoms with Gasteiger partial charge in [-0.2, -0.15) is 0 Å². The summed E-state index contributed by atoms with van der Waals surface area (Å²) in [6.07, 6.45) is 1.86. The molecule has 1 saturated heterocycles. The molecule has 3 N–H and O–H groups in total. The number of carbonyl (C=O) groups is 2. The minimum atomic E-state index is -0.988. The van der Waals surface area contributed by atoms with E-state index in [0.29, 0.717) is 12.2 Å². The Labute approximate surface area is 123 Å². The SMILES string of the molecule is CC1(CNC(=O)Nc2ccc(C(=O)O)cc2)CCOCC1. The van der Waals surface area contributed by atoms with Gasteiger partial charge in [0.05, 0.1) is 5.56 Å². The lowest BCUT2D eigenvalue weighted by Gasteiger charge is -2.33. The number of ether oxygens (including phenoxy) is 1. The number of amides is 2. The Bertz CT molecular complexity index is 507. The van der Waals surface area contributed by atoms with Crippen LogP contribution in [0, 0.1) is 5.41 Å². The maximum Gasteiger partial charge on any atom is 0.335 e. The first-order valence-electron chi connectivity index (χ1n) is 6.94. The third-order valence-electron chi connectivity index (χ3n) is 3.77. The number of carboxylic acids is 1. The number of urea groups is 1. The van der Waals surface area contributed by atoms with E-state index in [1.54, 1.807) is 12.1 Å². The lowest BCUT2D eigenvalue weighted by molar-refractivity contribution is 0.0254. The van der Waals surface area contributed by atoms with E-state index in [2.05, 4.69) is 17.6 Å². The van der Waals surface area contributed by atoms with Crippen molar-refractivity contribution in [3.63, 3.8) is 0 Å². The van der Waals surface area contributed by atoms with Gasteiger partial charge in [-0.05, 0) is 42.5 Å². The van der Waals surface area contributed by atoms with E-state index in [4.69, 9.17) is 9.84 Å². The molecule has 0 saturated carbocycles. The van der Waals surface area contributed by atoms with Crippen molar-refractivity contribution in [2.24, 2.45) is 5.41 Å². The topological polar surface area (TPSA) is 87.7 Å². The van der Waals surface area contributed by atoms with E-state index >= 15 is 0 Å². The molecule has 0 aromatic heterocycles. The Balaban J connectivity index is 1.82. The van der Waals surface area contributed by atoms with Crippen molar-refractivity contribution >= 4 is 17.7 Å². The second-order valence-electron chi connectivity index (χ2n) is 5.61. The third-order valence-corrected chi connectivity index (χ3v) is 3.77. The normalized spacial score (nSPS) is 17.0. The summed E-state index contributed by atoms with van der Waals surface area (Å²) in [6, 6.07) is 5.76. The van der Waals surface area contributed by atoms with Gasteiger partial charge in [0, 0.05) is 25.4 Å². The fraction of sp³-hybridized carbons (Fsp3) is 0.467. The zero-order valence-corrected chi connectivity index (χ0v) is 12.0. The summed E-state index contributed by atoms with van der Waals surface area (Å²) >= 11 is 0. The van der Waals surface area contributed by atoms with E-state index in [9.17, 15) is 9.59 Å². The second-order valence-corrected chi connectivity index (χ2v) is 5.61. The van der Waals surface area contributed by atoms with Gasteiger partial charge in [0.2, 0.25) is 0 Å². The highest BCUT2D eigenvalue weighted by atomic mass is 16.5. The van der Waals surface area contributed by atoms with E-state index in [1.807, 2.05) is 0 Å². The van der Waals surface area contributed by atoms with Crippen molar-refractivity contribution in [2.45, 2.75) is 19.8 Å². The Morgan fingerprint density at radius 1 is 1.24 bits per heavy atom. The van der Waals surface area contributed by atoms with Crippen LogP contribution in [0.3, 0.4) is 0 Å². The molecule has 6 heteroatoms. The molecule has 0 bridgehead atoms. The van der Waals surface area contributed by atoms with Gasteiger partial charge < -0.3 is 20.5 Å². The molecule has 1 aliphatic rings. The maximum absolute atomic E-state index is 11.8. The molecule has 0 unspecified atom stereocenters. The lowest BCUT2D eigenvalue weighted by Crippen LogP contribution is -2.41. The van der Waals surface area contributed by atoms with Gasteiger partial charge in [-0.25, -0.2) is 9.59 Å². The van der Waals surface area contributed by atoms with Crippen LogP contribution in [-0.4, -0.2) is 36.9 Å². The number of anilines is 1. The van der Waals surface area contributed by atoms with Crippen molar-refractivity contribution < 1.29 is 19.4 Å². The average Bonchev–Trinajstić information content (AvgIpc) is 2.47. The number of aromatic carboxylic acids is 1. The van der Waals surface area contributed by atoms with Crippen molar-refractivity contribution in [3.8, 4) is 0 Å². The molecule has 0 spiro atoms. The highest BCUT2D eigenvalue weighted by Gasteiger charge is 2.27. The Hall–Kier alpha value is -2.08. The Kier molecular flexibility index (Phi) is 4.80. The largest absolute Gasteiger partial charge is 0.478 e. The molecule has 0 aliphatic carbocycles. The first-order valence-corrected chi connectivity index (χ1v) is 6.94. The van der Waals surface area contributed by atoms with Gasteiger partial charge in [0.25, 0.3) is 0 Å². The lowest BCUT2D eigenvalue weighted by atomic mass is 9.82. The van der Waals surface area contributed by atoms with E-state index in [-0.39, 0.29) is 17.0 Å². The van der Waals surface area contributed by atoms with Crippen LogP contribution in [0.15, 0.2) is 24.3 Å². The first kappa shape index (κ1) is 15.3. The van der Waals surface area contributed by atoms with Crippen LogP contribution in [0.1, 0.15) is 30.1 Å². The Morgan fingerprint density at radius 3 is 2.43 bits per heavy atom. The van der Waals surface area contributed by atoms with Gasteiger partial charge in [0.1, 0.15) is 0 Å². The number of nitrogens with one attached hydrogen (secondary N) is 2. The molecule has 2 rings (SSSR count). The van der Waals surface area contributed by atoms with Crippen molar-refractivity contribution in [1.29, 1.82) is 0 Å². The molecule has 0 radical (unpaired) electrons. The maximum atomic E-state index is 11.8. The summed E-state index contributed by atoms with van der Waals surface area (Å²) in [6.45, 7) is 4.19. The van der Waals surface area contributed by atoms with E-state index in [0.717, 1.165) is 26.1 Å². The molecule has 114 valence electrons. The standard InChI is InChI=1S/C15H20N2O4/c1-15(6-8-21-9-7-15)10-16-14(20)17-12-4-2-11(3-5-12)13(18)19/h2-5H,6-10H2,1H3,(H,18,19)(H2,16,17,20). The summed E-state index contributed by atoms with van der Waals surface area (Å²) in [5.41, 5.74) is 0.827. The van der Waals surface area contributed by atoms with Gasteiger partial charge in [-0.3, -0.25) is 0 Å². The van der Waals surface area contributed by atoms with Gasteiger partial charge >= 0.3 is 12.0 Å². The van der Waals surface area contributed by atoms with Crippen molar-refractivity contribution in [2.75, 3.05) is 25.1 Å². The predicted molar refractivity (Wildman–Crippen MR) is 78.6 cm³/mol. The highest BCUT2D eigenvalue weighted by Crippen LogP contribution is 2.28. The van der Waals surface area contributed by atoms with Gasteiger partial charge in [-0.15, -0.1) is 0 Å². The molecule has 1 aliphatic heterocycles. The van der Waals surface area contributed by atoms with Crippen LogP contribution in [0.25, 0.3) is 0 Å². The molecule has 1 heterocycles. The van der Waals surface area contributed by atoms with Crippen molar-refractivity contribution in [1.82, 2.24) is 5.32 Å². The second kappa shape index (κ2) is 6.58. The quantitative estimate of drug-likeness (QED) is 0.794. The zero-order valence-electron chi connectivity index (χ0n) is 12.0. The predicted octanol–water partition coefficient (Wildman–Crippen LogP) is 2.32. The van der Waals surface area contributed by atoms with E-state index < -0.39 is 5.97 Å². The number of hydrogen-bond donors (Lipinski definition) is 3. The van der Waals surface area contributed by atoms with Crippen LogP contribution in [0.2, 0.25) is 0 Å². The molecule has 1 fully saturated rings. The Morgan fingerprint density at radius 2 is 1.86 bits per heavy atom. The summed E-state index contributed by atoms with van der Waals surface area (Å²) in [5.74, 6) is -0.988. The number of benzene rings is 1. The fourth-order valence-corrected chi connectivity index (χ4v) is 2.21. The summed E-state index contributed by atoms with van der Waals surface area (Å²) < 4.78 is 5.32. The molecule has 6 nitrogen and oxygen atoms in total. The summed E-state index contributed by atoms with van der Waals surface area (Å²) in [4.78, 5) is 22.6.